The van der Waals surface area contributed by atoms with E-state index in [1.54, 1.807) is 19.9 Å². The fourth-order valence-electron chi connectivity index (χ4n) is 7.03. The van der Waals surface area contributed by atoms with Crippen LogP contribution in [0.15, 0.2) is 24.4 Å². The molecule has 49 heavy (non-hydrogen) atoms. The van der Waals surface area contributed by atoms with E-state index in [1.165, 1.54) is 29.0 Å². The van der Waals surface area contributed by atoms with Crippen molar-refractivity contribution < 1.29 is 42.3 Å². The third-order valence-corrected chi connectivity index (χ3v) is 10.8. The highest BCUT2D eigenvalue weighted by Gasteiger charge is 2.72. The van der Waals surface area contributed by atoms with Crippen molar-refractivity contribution in [1.29, 1.82) is 0 Å². The summed E-state index contributed by atoms with van der Waals surface area (Å²) >= 11 is 1.16. The quantitative estimate of drug-likeness (QED) is 0.291. The van der Waals surface area contributed by atoms with Gasteiger partial charge < -0.3 is 20.6 Å². The number of aryl methyl sites for hydroxylation is 1. The van der Waals surface area contributed by atoms with E-state index in [4.69, 9.17) is 5.11 Å². The Bertz CT molecular complexity index is 1880. The molecule has 1 saturated carbocycles. The van der Waals surface area contributed by atoms with Gasteiger partial charge in [0, 0.05) is 35.8 Å². The van der Waals surface area contributed by atoms with Crippen molar-refractivity contribution in [3.05, 3.63) is 46.1 Å². The summed E-state index contributed by atoms with van der Waals surface area (Å²) in [4.78, 5) is 75.7. The van der Waals surface area contributed by atoms with Gasteiger partial charge in [-0.25, -0.2) is 9.78 Å². The van der Waals surface area contributed by atoms with E-state index in [0.29, 0.717) is 21.5 Å². The van der Waals surface area contributed by atoms with Crippen LogP contribution in [-0.2, 0) is 27.1 Å². The first-order valence-corrected chi connectivity index (χ1v) is 16.6. The number of carboxylic acid groups (broad SMARTS) is 1. The number of rotatable bonds is 8. The number of alkyl halides is 3. The highest BCUT2D eigenvalue weighted by molar-refractivity contribution is 7.19. The Balaban J connectivity index is 1.31. The third-order valence-electron chi connectivity index (χ3n) is 9.69. The number of likely N-dealkylation sites (tertiary alicyclic amines) is 2. The number of halogens is 3. The Morgan fingerprint density at radius 3 is 2.43 bits per heavy atom. The van der Waals surface area contributed by atoms with Crippen molar-refractivity contribution in [3.63, 3.8) is 0 Å². The van der Waals surface area contributed by atoms with E-state index in [1.807, 2.05) is 13.8 Å². The number of imide groups is 1. The van der Waals surface area contributed by atoms with Gasteiger partial charge in [0.15, 0.2) is 0 Å². The number of fused-ring (bicyclic) bond motifs is 2. The van der Waals surface area contributed by atoms with Crippen LogP contribution < -0.4 is 10.6 Å². The van der Waals surface area contributed by atoms with Gasteiger partial charge in [0.2, 0.25) is 17.7 Å². The predicted molar refractivity (Wildman–Crippen MR) is 171 cm³/mol. The van der Waals surface area contributed by atoms with E-state index in [2.05, 4.69) is 20.6 Å². The highest BCUT2D eigenvalue weighted by atomic mass is 32.1. The minimum absolute atomic E-state index is 0.00257. The first-order chi connectivity index (χ1) is 22.9. The number of nitrogens with zero attached hydrogens (tertiary/aromatic N) is 4. The molecule has 2 aliphatic heterocycles. The van der Waals surface area contributed by atoms with Gasteiger partial charge in [-0.05, 0) is 48.4 Å². The molecule has 4 atom stereocenters. The van der Waals surface area contributed by atoms with Crippen molar-refractivity contribution in [2.45, 2.75) is 65.8 Å². The van der Waals surface area contributed by atoms with Crippen LogP contribution >= 0.6 is 11.3 Å². The molecule has 0 aromatic carbocycles. The molecule has 12 nitrogen and oxygen atoms in total. The van der Waals surface area contributed by atoms with Crippen LogP contribution in [0.3, 0.4) is 0 Å². The van der Waals surface area contributed by atoms with Crippen LogP contribution in [-0.4, -0.2) is 79.8 Å². The number of piperidine rings is 1. The Morgan fingerprint density at radius 2 is 1.82 bits per heavy atom. The Hall–Kier alpha value is -4.60. The molecule has 1 aliphatic carbocycles. The second kappa shape index (κ2) is 12.1. The molecule has 5 heterocycles. The molecular formula is C33H35F3N6O6S. The van der Waals surface area contributed by atoms with E-state index in [9.17, 15) is 37.1 Å². The smallest absolute Gasteiger partial charge is 0.433 e. The lowest BCUT2D eigenvalue weighted by Gasteiger charge is -2.23. The lowest BCUT2D eigenvalue weighted by molar-refractivity contribution is -0.144. The molecule has 0 spiro atoms. The predicted octanol–water partition coefficient (Wildman–Crippen LogP) is 4.45. The van der Waals surface area contributed by atoms with Crippen LogP contribution in [0.2, 0.25) is 0 Å². The van der Waals surface area contributed by atoms with Gasteiger partial charge in [-0.1, -0.05) is 27.7 Å². The molecule has 0 radical (unpaired) electrons. The zero-order valence-corrected chi connectivity index (χ0v) is 28.2. The molecule has 3 aromatic rings. The molecule has 3 aromatic heterocycles. The number of hydrogen-bond acceptors (Lipinski definition) is 8. The lowest BCUT2D eigenvalue weighted by atomic mass is 9.99. The first-order valence-electron chi connectivity index (χ1n) is 15.8. The summed E-state index contributed by atoms with van der Waals surface area (Å²) in [5.41, 5.74) is -1.07. The van der Waals surface area contributed by atoms with Crippen LogP contribution in [0.4, 0.5) is 18.0 Å². The van der Waals surface area contributed by atoms with Gasteiger partial charge >= 0.3 is 12.3 Å². The molecule has 5 amide bonds. The molecule has 2 saturated heterocycles. The molecule has 3 N–H and O–H groups in total. The maximum atomic E-state index is 14.1. The largest absolute Gasteiger partial charge is 0.465 e. The number of nitrogens with one attached hydrogen (secondary N) is 2. The average molecular weight is 701 g/mol. The molecule has 16 heteroatoms. The Morgan fingerprint density at radius 1 is 1.14 bits per heavy atom. The fraction of sp³-hybridized carbons (Fsp3) is 0.485. The first kappa shape index (κ1) is 34.3. The van der Waals surface area contributed by atoms with E-state index >= 15 is 0 Å². The van der Waals surface area contributed by atoms with Gasteiger partial charge in [-0.2, -0.15) is 13.2 Å². The SMILES string of the molecule is Cc1cc(C(F)(F)F)nc(-c2ccnc3cc(CN4C(=O)C5C(C4=O)C5(C)C)sc23)c1C(=O)N1CC[C@H](NC(=O)C(NC(=O)O)C(C)C)C1. The molecule has 3 unspecified atom stereocenters. The summed E-state index contributed by atoms with van der Waals surface area (Å²) in [5.74, 6) is -2.67. The van der Waals surface area contributed by atoms with E-state index in [-0.39, 0.29) is 77.0 Å². The number of hydrogen-bond donors (Lipinski definition) is 3. The topological polar surface area (TPSA) is 162 Å². The van der Waals surface area contributed by atoms with Crippen molar-refractivity contribution in [1.82, 2.24) is 30.4 Å². The second-order valence-electron chi connectivity index (χ2n) is 13.8. The third kappa shape index (κ3) is 6.10. The fourth-order valence-corrected chi connectivity index (χ4v) is 8.15. The molecule has 3 aliphatic rings. The average Bonchev–Trinajstić information content (AvgIpc) is 3.41. The summed E-state index contributed by atoms with van der Waals surface area (Å²) in [7, 11) is 0. The zero-order valence-electron chi connectivity index (χ0n) is 27.3. The Kier molecular flexibility index (Phi) is 8.44. The minimum atomic E-state index is -4.81. The summed E-state index contributed by atoms with van der Waals surface area (Å²) in [5, 5.41) is 14.1. The normalized spacial score (nSPS) is 22.1. The number of aromatic nitrogens is 2. The Labute approximate surface area is 283 Å². The maximum Gasteiger partial charge on any atom is 0.433 e. The summed E-state index contributed by atoms with van der Waals surface area (Å²) in [6, 6.07) is 2.46. The van der Waals surface area contributed by atoms with Crippen LogP contribution in [0, 0.1) is 30.1 Å². The number of carbonyl (C=O) groups excluding carboxylic acids is 4. The number of pyridine rings is 2. The van der Waals surface area contributed by atoms with E-state index < -0.39 is 41.9 Å². The van der Waals surface area contributed by atoms with Gasteiger partial charge in [0.1, 0.15) is 11.7 Å². The molecule has 260 valence electrons. The monoisotopic (exact) mass is 700 g/mol. The van der Waals surface area contributed by atoms with Gasteiger partial charge in [-0.15, -0.1) is 11.3 Å². The van der Waals surface area contributed by atoms with Gasteiger partial charge in [0.25, 0.3) is 5.91 Å². The summed E-state index contributed by atoms with van der Waals surface area (Å²) < 4.78 is 42.6. The number of thiophene rings is 1. The summed E-state index contributed by atoms with van der Waals surface area (Å²) in [6.45, 7) is 8.79. The van der Waals surface area contributed by atoms with Crippen LogP contribution in [0.5, 0.6) is 0 Å². The number of amides is 5. The second-order valence-corrected chi connectivity index (χ2v) is 14.9. The highest BCUT2D eigenvalue weighted by Crippen LogP contribution is 2.63. The van der Waals surface area contributed by atoms with Gasteiger partial charge in [0.05, 0.1) is 39.9 Å². The van der Waals surface area contributed by atoms with Crippen molar-refractivity contribution in [2.24, 2.45) is 23.2 Å². The summed E-state index contributed by atoms with van der Waals surface area (Å²) in [6.07, 6.45) is -4.41. The molecule has 3 fully saturated rings. The lowest BCUT2D eigenvalue weighted by Crippen LogP contribution is -2.52. The molecule has 0 bridgehead atoms. The standard InChI is InChI=1S/C33H35F3N6O6S/c1-14(2)24(40-31(47)48)27(43)38-16-7-9-41(12-16)28(44)21-15(3)10-20(33(34,35)36)39-25(21)18-6-8-37-19-11-17(49-26(18)19)13-42-29(45)22-23(30(42)46)32(22,4)5/h6,8,10-11,14,16,22-24,40H,7,9,12-13H2,1-5H3,(H,38,43)(H,47,48)/t16-,22?,23?,24?/m0/s1. The number of carbonyl (C=O) groups is 5. The maximum absolute atomic E-state index is 14.1. The molecule has 6 rings (SSSR count). The minimum Gasteiger partial charge on any atom is -0.465 e. The van der Waals surface area contributed by atoms with Crippen LogP contribution in [0.1, 0.15) is 60.6 Å². The zero-order chi connectivity index (χ0) is 35.7. The van der Waals surface area contributed by atoms with Gasteiger partial charge in [-0.3, -0.25) is 29.1 Å². The van der Waals surface area contributed by atoms with E-state index in [0.717, 1.165) is 17.4 Å². The molecular weight excluding hydrogens is 665 g/mol. The van der Waals surface area contributed by atoms with Crippen molar-refractivity contribution in [2.75, 3.05) is 13.1 Å². The van der Waals surface area contributed by atoms with Crippen LogP contribution in [0.25, 0.3) is 21.5 Å². The van der Waals surface area contributed by atoms with Crippen molar-refractivity contribution in [3.8, 4) is 11.3 Å². The van der Waals surface area contributed by atoms with Crippen molar-refractivity contribution >= 4 is 51.3 Å².